The molecule has 7 nitrogen and oxygen atoms in total. The lowest BCUT2D eigenvalue weighted by Gasteiger charge is -2.23. The zero-order valence-corrected chi connectivity index (χ0v) is 27.8. The Hall–Kier alpha value is -1.79. The van der Waals surface area contributed by atoms with E-state index in [2.05, 4.69) is 24.5 Å². The normalized spacial score (nSPS) is 11.0. The molecule has 0 radical (unpaired) electrons. The van der Waals surface area contributed by atoms with Gasteiger partial charge in [0.2, 0.25) is 11.8 Å². The number of rotatable bonds is 32. The minimum absolute atomic E-state index is 0.0694. The number of carbonyl (C=O) groups excluding carboxylic acids is 2. The summed E-state index contributed by atoms with van der Waals surface area (Å²) < 4.78 is 0. The van der Waals surface area contributed by atoms with Crippen molar-refractivity contribution in [2.45, 2.75) is 181 Å². The predicted molar refractivity (Wildman–Crippen MR) is 177 cm³/mol. The quantitative estimate of drug-likeness (QED) is 0.0675. The Kier molecular flexibility index (Phi) is 30.8. The van der Waals surface area contributed by atoms with Gasteiger partial charge in [-0.15, -0.1) is 0 Å². The first kappa shape index (κ1) is 40.2. The zero-order valence-electron chi connectivity index (χ0n) is 27.8. The number of nitrogens with zero attached hydrogens (tertiary/aromatic N) is 1. The molecule has 0 spiro atoms. The Morgan fingerprint density at radius 1 is 0.476 bits per heavy atom. The van der Waals surface area contributed by atoms with Crippen molar-refractivity contribution in [2.75, 3.05) is 26.2 Å². The van der Waals surface area contributed by atoms with Crippen LogP contribution >= 0.6 is 0 Å². The first-order valence-corrected chi connectivity index (χ1v) is 18.0. The molecule has 7 heteroatoms. The minimum Gasteiger partial charge on any atom is -0.465 e. The maximum Gasteiger partial charge on any atom is 0.404 e. The van der Waals surface area contributed by atoms with Crippen LogP contribution in [0, 0.1) is 0 Å². The average Bonchev–Trinajstić information content (AvgIpc) is 2.98. The molecule has 0 saturated carbocycles. The molecule has 0 bridgehead atoms. The summed E-state index contributed by atoms with van der Waals surface area (Å²) in [6.07, 6.45) is 30.5. The van der Waals surface area contributed by atoms with Gasteiger partial charge in [-0.25, -0.2) is 4.79 Å². The van der Waals surface area contributed by atoms with Gasteiger partial charge >= 0.3 is 6.09 Å². The Morgan fingerprint density at radius 2 is 0.810 bits per heavy atom. The van der Waals surface area contributed by atoms with Gasteiger partial charge in [0.1, 0.15) is 0 Å². The van der Waals surface area contributed by atoms with Crippen molar-refractivity contribution in [2.24, 2.45) is 0 Å². The Morgan fingerprint density at radius 3 is 1.17 bits per heavy atom. The van der Waals surface area contributed by atoms with Gasteiger partial charge in [0.05, 0.1) is 0 Å². The summed E-state index contributed by atoms with van der Waals surface area (Å²) in [6, 6.07) is 0. The minimum atomic E-state index is -1.11. The van der Waals surface area contributed by atoms with Crippen molar-refractivity contribution in [3.63, 3.8) is 0 Å². The maximum absolute atomic E-state index is 13.0. The topological polar surface area (TPSA) is 98.7 Å². The van der Waals surface area contributed by atoms with Crippen molar-refractivity contribution in [1.29, 1.82) is 0 Å². The van der Waals surface area contributed by atoms with Crippen LogP contribution in [0.25, 0.3) is 0 Å². The third-order valence-corrected chi connectivity index (χ3v) is 8.21. The van der Waals surface area contributed by atoms with Crippen LogP contribution in [-0.4, -0.2) is 54.1 Å². The van der Waals surface area contributed by atoms with E-state index in [0.717, 1.165) is 38.8 Å². The first-order valence-electron chi connectivity index (χ1n) is 18.0. The van der Waals surface area contributed by atoms with Crippen LogP contribution in [0.15, 0.2) is 0 Å². The second-order valence-electron chi connectivity index (χ2n) is 12.2. The van der Waals surface area contributed by atoms with Crippen LogP contribution in [0.3, 0.4) is 0 Å². The highest BCUT2D eigenvalue weighted by Crippen LogP contribution is 2.14. The predicted octanol–water partition coefficient (Wildman–Crippen LogP) is 9.38. The molecule has 0 rings (SSSR count). The van der Waals surface area contributed by atoms with Crippen molar-refractivity contribution >= 4 is 17.9 Å². The fourth-order valence-corrected chi connectivity index (χ4v) is 5.49. The Labute approximate surface area is 259 Å². The molecule has 3 N–H and O–H groups in total. The van der Waals surface area contributed by atoms with Crippen molar-refractivity contribution in [3.05, 3.63) is 0 Å². The van der Waals surface area contributed by atoms with E-state index in [1.165, 1.54) is 128 Å². The SMILES string of the molecule is CCCCCCCCCCCCCCN(CCCCCCCCCCCCCC)C(=O)CCC(=O)NCCNC(=O)O. The number of nitrogens with one attached hydrogen (secondary N) is 2. The van der Waals surface area contributed by atoms with E-state index in [1.807, 2.05) is 4.90 Å². The maximum atomic E-state index is 13.0. The Bertz CT molecular complexity index is 601. The van der Waals surface area contributed by atoms with E-state index in [-0.39, 0.29) is 37.7 Å². The summed E-state index contributed by atoms with van der Waals surface area (Å²) in [6.45, 7) is 6.51. The molecule has 0 fully saturated rings. The highest BCUT2D eigenvalue weighted by molar-refractivity contribution is 5.83. The summed E-state index contributed by atoms with van der Waals surface area (Å²) in [7, 11) is 0. The Balaban J connectivity index is 4.19. The van der Waals surface area contributed by atoms with Gasteiger partial charge in [-0.05, 0) is 12.8 Å². The summed E-state index contributed by atoms with van der Waals surface area (Å²) in [4.78, 5) is 37.6. The van der Waals surface area contributed by atoms with Crippen LogP contribution in [0.1, 0.15) is 181 Å². The molecule has 0 aliphatic carbocycles. The molecular formula is C35H69N3O4. The first-order chi connectivity index (χ1) is 20.5. The summed E-state index contributed by atoms with van der Waals surface area (Å²) in [5.74, 6) is -0.133. The molecule has 0 saturated heterocycles. The van der Waals surface area contributed by atoms with Crippen LogP contribution < -0.4 is 10.6 Å². The fraction of sp³-hybridized carbons (Fsp3) is 0.914. The molecule has 0 aliphatic rings. The van der Waals surface area contributed by atoms with Crippen LogP contribution in [-0.2, 0) is 9.59 Å². The molecule has 0 aromatic rings. The second-order valence-corrected chi connectivity index (χ2v) is 12.2. The lowest BCUT2D eigenvalue weighted by molar-refractivity contribution is -0.133. The molecule has 0 heterocycles. The largest absolute Gasteiger partial charge is 0.465 e. The summed E-state index contributed by atoms with van der Waals surface area (Å²) in [5, 5.41) is 13.5. The molecule has 0 atom stereocenters. The van der Waals surface area contributed by atoms with Crippen LogP contribution in [0.2, 0.25) is 0 Å². The van der Waals surface area contributed by atoms with Gasteiger partial charge < -0.3 is 20.6 Å². The smallest absolute Gasteiger partial charge is 0.404 e. The molecule has 248 valence electrons. The van der Waals surface area contributed by atoms with E-state index in [9.17, 15) is 14.4 Å². The van der Waals surface area contributed by atoms with E-state index in [0.29, 0.717) is 0 Å². The number of hydrogen-bond donors (Lipinski definition) is 3. The summed E-state index contributed by atoms with van der Waals surface area (Å²) >= 11 is 0. The van der Waals surface area contributed by atoms with Gasteiger partial charge in [-0.1, -0.05) is 155 Å². The van der Waals surface area contributed by atoms with E-state index in [1.54, 1.807) is 0 Å². The van der Waals surface area contributed by atoms with Gasteiger partial charge in [0, 0.05) is 39.0 Å². The third-order valence-electron chi connectivity index (χ3n) is 8.21. The number of carboxylic acid groups (broad SMARTS) is 1. The lowest BCUT2D eigenvalue weighted by atomic mass is 10.0. The zero-order chi connectivity index (χ0) is 30.9. The van der Waals surface area contributed by atoms with Crippen molar-refractivity contribution < 1.29 is 19.5 Å². The van der Waals surface area contributed by atoms with E-state index in [4.69, 9.17) is 5.11 Å². The average molecular weight is 596 g/mol. The second kappa shape index (κ2) is 32.1. The monoisotopic (exact) mass is 596 g/mol. The van der Waals surface area contributed by atoms with Gasteiger partial charge in [0.15, 0.2) is 0 Å². The van der Waals surface area contributed by atoms with Gasteiger partial charge in [-0.2, -0.15) is 0 Å². The van der Waals surface area contributed by atoms with Crippen molar-refractivity contribution in [1.82, 2.24) is 15.5 Å². The van der Waals surface area contributed by atoms with E-state index < -0.39 is 6.09 Å². The highest BCUT2D eigenvalue weighted by Gasteiger charge is 2.15. The summed E-state index contributed by atoms with van der Waals surface area (Å²) in [5.41, 5.74) is 0. The lowest BCUT2D eigenvalue weighted by Crippen LogP contribution is -2.36. The molecule has 0 aromatic heterocycles. The van der Waals surface area contributed by atoms with Crippen LogP contribution in [0.5, 0.6) is 0 Å². The molecule has 0 aliphatic heterocycles. The molecule has 0 aromatic carbocycles. The molecule has 0 unspecified atom stereocenters. The van der Waals surface area contributed by atoms with E-state index >= 15 is 0 Å². The van der Waals surface area contributed by atoms with Gasteiger partial charge in [0.25, 0.3) is 0 Å². The molecular weight excluding hydrogens is 526 g/mol. The fourth-order valence-electron chi connectivity index (χ4n) is 5.49. The molecule has 3 amide bonds. The highest BCUT2D eigenvalue weighted by atomic mass is 16.4. The molecule has 42 heavy (non-hydrogen) atoms. The third kappa shape index (κ3) is 29.7. The number of amides is 3. The van der Waals surface area contributed by atoms with Gasteiger partial charge in [-0.3, -0.25) is 9.59 Å². The number of hydrogen-bond acceptors (Lipinski definition) is 3. The number of unbranched alkanes of at least 4 members (excludes halogenated alkanes) is 22. The number of carbonyl (C=O) groups is 3. The standard InChI is InChI=1S/C35H69N3O4/c1-3-5-7-9-11-13-15-17-19-21-23-25-31-38(34(40)28-27-33(39)36-29-30-37-35(41)42)32-26-24-22-20-18-16-14-12-10-8-6-4-2/h37H,3-32H2,1-2H3,(H,36,39)(H,41,42). The van der Waals surface area contributed by atoms with Crippen molar-refractivity contribution in [3.8, 4) is 0 Å². The van der Waals surface area contributed by atoms with Crippen LogP contribution in [0.4, 0.5) is 4.79 Å².